The zero-order valence-electron chi connectivity index (χ0n) is 11.2. The van der Waals surface area contributed by atoms with E-state index in [-0.39, 0.29) is 0 Å². The summed E-state index contributed by atoms with van der Waals surface area (Å²) in [4.78, 5) is 7.57. The van der Waals surface area contributed by atoms with Crippen molar-refractivity contribution in [1.29, 1.82) is 0 Å². The zero-order chi connectivity index (χ0) is 11.5. The fraction of sp³-hybridized carbons (Fsp3) is 1.00. The molecule has 3 nitrogen and oxygen atoms in total. The maximum absolute atomic E-state index is 2.59. The van der Waals surface area contributed by atoms with Gasteiger partial charge in [-0.15, -0.1) is 0 Å². The molecule has 16 heavy (non-hydrogen) atoms. The summed E-state index contributed by atoms with van der Waals surface area (Å²) < 4.78 is 0. The predicted molar refractivity (Wildman–Crippen MR) is 68.8 cm³/mol. The van der Waals surface area contributed by atoms with Crippen LogP contribution in [-0.4, -0.2) is 74.1 Å². The molecule has 0 aliphatic carbocycles. The van der Waals surface area contributed by atoms with E-state index >= 15 is 0 Å². The highest BCUT2D eigenvalue weighted by atomic mass is 15.3. The van der Waals surface area contributed by atoms with Crippen molar-refractivity contribution in [1.82, 2.24) is 14.7 Å². The number of hydrogen-bond donors (Lipinski definition) is 0. The molecular formula is C13H27N3. The molecule has 0 unspecified atom stereocenters. The molecule has 0 aromatic rings. The summed E-state index contributed by atoms with van der Waals surface area (Å²) in [5.41, 5.74) is 0. The minimum absolute atomic E-state index is 0.828. The van der Waals surface area contributed by atoms with Crippen molar-refractivity contribution in [2.45, 2.75) is 25.8 Å². The van der Waals surface area contributed by atoms with Crippen LogP contribution in [0.1, 0.15) is 19.8 Å². The summed E-state index contributed by atoms with van der Waals surface area (Å²) in [6.45, 7) is 10.00. The first-order chi connectivity index (χ1) is 7.69. The normalized spacial score (nSPS) is 26.2. The highest BCUT2D eigenvalue weighted by Gasteiger charge is 2.29. The monoisotopic (exact) mass is 225 g/mol. The number of nitrogens with zero attached hydrogens (tertiary/aromatic N) is 3. The van der Waals surface area contributed by atoms with E-state index in [4.69, 9.17) is 0 Å². The van der Waals surface area contributed by atoms with E-state index in [9.17, 15) is 0 Å². The molecule has 0 atom stereocenters. The highest BCUT2D eigenvalue weighted by Crippen LogP contribution is 2.20. The molecule has 0 aromatic carbocycles. The first-order valence-corrected chi connectivity index (χ1v) is 6.80. The lowest BCUT2D eigenvalue weighted by molar-refractivity contribution is 0.0502. The molecule has 2 saturated heterocycles. The van der Waals surface area contributed by atoms with Crippen molar-refractivity contribution in [2.24, 2.45) is 5.92 Å². The Bertz CT molecular complexity index is 205. The van der Waals surface area contributed by atoms with Gasteiger partial charge in [0.2, 0.25) is 0 Å². The Morgan fingerprint density at radius 2 is 1.81 bits per heavy atom. The predicted octanol–water partition coefficient (Wildman–Crippen LogP) is 0.964. The molecular weight excluding hydrogens is 198 g/mol. The van der Waals surface area contributed by atoms with Crippen molar-refractivity contribution >= 4 is 0 Å². The molecule has 0 N–H and O–H groups in total. The zero-order valence-corrected chi connectivity index (χ0v) is 11.2. The van der Waals surface area contributed by atoms with E-state index in [1.54, 1.807) is 0 Å². The van der Waals surface area contributed by atoms with Gasteiger partial charge >= 0.3 is 0 Å². The average Bonchev–Trinajstić information content (AvgIpc) is 2.26. The minimum Gasteiger partial charge on any atom is -0.304 e. The fourth-order valence-corrected chi connectivity index (χ4v) is 2.99. The van der Waals surface area contributed by atoms with Crippen LogP contribution in [0.3, 0.4) is 0 Å². The second-order valence-electron chi connectivity index (χ2n) is 5.69. The van der Waals surface area contributed by atoms with E-state index in [0.717, 1.165) is 12.0 Å². The molecule has 0 spiro atoms. The van der Waals surface area contributed by atoms with Crippen molar-refractivity contribution in [3.8, 4) is 0 Å². The van der Waals surface area contributed by atoms with Gasteiger partial charge in [-0.1, -0.05) is 6.92 Å². The second kappa shape index (κ2) is 5.48. The molecule has 2 rings (SSSR count). The maximum Gasteiger partial charge on any atom is 0.0347 e. The van der Waals surface area contributed by atoms with Crippen molar-refractivity contribution in [3.63, 3.8) is 0 Å². The summed E-state index contributed by atoms with van der Waals surface area (Å²) in [5, 5.41) is 0. The smallest absolute Gasteiger partial charge is 0.0347 e. The molecule has 2 fully saturated rings. The molecule has 0 radical (unpaired) electrons. The number of piperidine rings is 1. The Balaban J connectivity index is 1.66. The fourth-order valence-electron chi connectivity index (χ4n) is 2.99. The van der Waals surface area contributed by atoms with E-state index in [1.807, 2.05) is 0 Å². The van der Waals surface area contributed by atoms with Crippen LogP contribution in [0, 0.1) is 5.92 Å². The van der Waals surface area contributed by atoms with Gasteiger partial charge in [0, 0.05) is 25.7 Å². The highest BCUT2D eigenvalue weighted by molar-refractivity contribution is 4.86. The molecule has 2 aliphatic heterocycles. The Morgan fingerprint density at radius 1 is 1.19 bits per heavy atom. The van der Waals surface area contributed by atoms with Crippen LogP contribution in [0.5, 0.6) is 0 Å². The first kappa shape index (κ1) is 12.3. The lowest BCUT2D eigenvalue weighted by atomic mass is 9.95. The van der Waals surface area contributed by atoms with Gasteiger partial charge in [-0.05, 0) is 52.5 Å². The first-order valence-electron chi connectivity index (χ1n) is 6.80. The lowest BCUT2D eigenvalue weighted by Crippen LogP contribution is -2.57. The van der Waals surface area contributed by atoms with Gasteiger partial charge in [0.1, 0.15) is 0 Å². The largest absolute Gasteiger partial charge is 0.304 e. The third-order valence-electron chi connectivity index (χ3n) is 4.37. The van der Waals surface area contributed by atoms with Crippen LogP contribution in [0.15, 0.2) is 0 Å². The Hall–Kier alpha value is -0.120. The minimum atomic E-state index is 0.828. The van der Waals surface area contributed by atoms with E-state index in [1.165, 1.54) is 52.1 Å². The molecule has 0 bridgehead atoms. The van der Waals surface area contributed by atoms with Crippen LogP contribution in [0.4, 0.5) is 0 Å². The molecule has 94 valence electrons. The van der Waals surface area contributed by atoms with Gasteiger partial charge in [-0.3, -0.25) is 0 Å². The number of hydrogen-bond acceptors (Lipinski definition) is 3. The molecule has 0 aromatic heterocycles. The number of rotatable bonds is 4. The van der Waals surface area contributed by atoms with Crippen LogP contribution < -0.4 is 0 Å². The van der Waals surface area contributed by atoms with E-state index in [2.05, 4.69) is 35.7 Å². The van der Waals surface area contributed by atoms with Crippen LogP contribution in [-0.2, 0) is 0 Å². The van der Waals surface area contributed by atoms with E-state index in [0.29, 0.717) is 0 Å². The van der Waals surface area contributed by atoms with Gasteiger partial charge < -0.3 is 14.7 Å². The average molecular weight is 225 g/mol. The molecule has 2 heterocycles. The van der Waals surface area contributed by atoms with E-state index < -0.39 is 0 Å². The van der Waals surface area contributed by atoms with Gasteiger partial charge in [0.15, 0.2) is 0 Å². The Morgan fingerprint density at radius 3 is 2.31 bits per heavy atom. The SMILES string of the molecule is CCN1CCC(CN(C)C2CN(C)C2)CC1. The van der Waals surface area contributed by atoms with Crippen LogP contribution >= 0.6 is 0 Å². The maximum atomic E-state index is 2.59. The summed E-state index contributed by atoms with van der Waals surface area (Å²) in [6.07, 6.45) is 2.81. The third kappa shape index (κ3) is 2.96. The molecule has 0 saturated carbocycles. The van der Waals surface area contributed by atoms with Gasteiger partial charge in [-0.25, -0.2) is 0 Å². The summed E-state index contributed by atoms with van der Waals surface area (Å²) >= 11 is 0. The Kier molecular flexibility index (Phi) is 4.22. The second-order valence-corrected chi connectivity index (χ2v) is 5.69. The van der Waals surface area contributed by atoms with Crippen molar-refractivity contribution in [3.05, 3.63) is 0 Å². The van der Waals surface area contributed by atoms with Crippen molar-refractivity contribution < 1.29 is 0 Å². The van der Waals surface area contributed by atoms with Crippen LogP contribution in [0.25, 0.3) is 0 Å². The summed E-state index contributed by atoms with van der Waals surface area (Å²) in [7, 11) is 4.52. The standard InChI is InChI=1S/C13H27N3/c1-4-16-7-5-12(6-8-16)9-15(3)13-10-14(2)11-13/h12-13H,4-11H2,1-3H3. The number of likely N-dealkylation sites (tertiary alicyclic amines) is 2. The van der Waals surface area contributed by atoms with Crippen LogP contribution in [0.2, 0.25) is 0 Å². The molecule has 3 heteroatoms. The Labute approximate surface area is 100 Å². The van der Waals surface area contributed by atoms with Gasteiger partial charge in [-0.2, -0.15) is 0 Å². The topological polar surface area (TPSA) is 9.72 Å². The van der Waals surface area contributed by atoms with Gasteiger partial charge in [0.25, 0.3) is 0 Å². The van der Waals surface area contributed by atoms with Crippen molar-refractivity contribution in [2.75, 3.05) is 53.4 Å². The third-order valence-corrected chi connectivity index (χ3v) is 4.37. The number of likely N-dealkylation sites (N-methyl/N-ethyl adjacent to an activating group) is 2. The summed E-state index contributed by atoms with van der Waals surface area (Å²) in [6, 6.07) is 0.828. The quantitative estimate of drug-likeness (QED) is 0.706. The summed E-state index contributed by atoms with van der Waals surface area (Å²) in [5.74, 6) is 0.943. The van der Waals surface area contributed by atoms with Gasteiger partial charge in [0.05, 0.1) is 0 Å². The lowest BCUT2D eigenvalue weighted by Gasteiger charge is -2.44. The molecule has 2 aliphatic rings. The molecule has 0 amide bonds.